The second kappa shape index (κ2) is 9.63. The van der Waals surface area contributed by atoms with Crippen molar-refractivity contribution in [2.75, 3.05) is 6.54 Å². The molecule has 0 aliphatic carbocycles. The van der Waals surface area contributed by atoms with Gasteiger partial charge in [-0.2, -0.15) is 18.3 Å². The number of carboxylic acids is 1. The number of thiocarbonyl (C=S) groups is 1. The quantitative estimate of drug-likeness (QED) is 0.329. The molecular weight excluding hydrogens is 490 g/mol. The highest BCUT2D eigenvalue weighted by atomic mass is 32.2. The van der Waals surface area contributed by atoms with E-state index < -0.39 is 29.6 Å². The Morgan fingerprint density at radius 1 is 1.31 bits per heavy atom. The van der Waals surface area contributed by atoms with Crippen molar-refractivity contribution in [3.8, 4) is 0 Å². The van der Waals surface area contributed by atoms with E-state index in [0.29, 0.717) is 4.90 Å². The molecule has 0 radical (unpaired) electrons. The minimum Gasteiger partial charge on any atom is -0.481 e. The molecule has 3 rings (SSSR count). The number of halogens is 4. The Balaban J connectivity index is 1.97. The number of alkyl halides is 3. The van der Waals surface area contributed by atoms with Crippen LogP contribution >= 0.6 is 35.7 Å². The number of amides is 1. The monoisotopic (exact) mass is 505 g/mol. The summed E-state index contributed by atoms with van der Waals surface area (Å²) in [6.07, 6.45) is -3.70. The van der Waals surface area contributed by atoms with Crippen molar-refractivity contribution in [2.24, 2.45) is 7.05 Å². The highest BCUT2D eigenvalue weighted by Gasteiger charge is 2.40. The van der Waals surface area contributed by atoms with Crippen LogP contribution in [0.5, 0.6) is 0 Å². The van der Waals surface area contributed by atoms with Gasteiger partial charge in [0.05, 0.1) is 4.91 Å². The van der Waals surface area contributed by atoms with Crippen LogP contribution in [-0.2, 0) is 22.8 Å². The molecule has 2 aromatic rings. The maximum absolute atomic E-state index is 13.7. The fourth-order valence-electron chi connectivity index (χ4n) is 2.81. The van der Waals surface area contributed by atoms with E-state index in [1.54, 1.807) is 0 Å². The summed E-state index contributed by atoms with van der Waals surface area (Å²) < 4.78 is 55.3. The van der Waals surface area contributed by atoms with E-state index in [-0.39, 0.29) is 39.2 Å². The summed E-state index contributed by atoms with van der Waals surface area (Å²) in [5.74, 6) is -2.11. The van der Waals surface area contributed by atoms with E-state index >= 15 is 0 Å². The van der Waals surface area contributed by atoms with E-state index in [9.17, 15) is 27.2 Å². The normalized spacial score (nSPS) is 15.8. The first kappa shape index (κ1) is 24.3. The summed E-state index contributed by atoms with van der Waals surface area (Å²) in [6.45, 7) is 0.0463. The van der Waals surface area contributed by atoms with Crippen LogP contribution in [0.2, 0.25) is 0 Å². The summed E-state index contributed by atoms with van der Waals surface area (Å²) in [7, 11) is 1.34. The minimum atomic E-state index is -4.78. The Hall–Kier alpha value is -2.38. The van der Waals surface area contributed by atoms with Crippen molar-refractivity contribution in [2.45, 2.75) is 28.9 Å². The van der Waals surface area contributed by atoms with Crippen molar-refractivity contribution in [1.29, 1.82) is 0 Å². The van der Waals surface area contributed by atoms with Crippen LogP contribution in [0.1, 0.15) is 24.1 Å². The molecule has 1 fully saturated rings. The van der Waals surface area contributed by atoms with Gasteiger partial charge in [0.2, 0.25) is 0 Å². The van der Waals surface area contributed by atoms with E-state index in [0.717, 1.165) is 34.3 Å². The number of aromatic nitrogens is 2. The zero-order valence-electron chi connectivity index (χ0n) is 16.4. The van der Waals surface area contributed by atoms with Crippen LogP contribution in [0.3, 0.4) is 0 Å². The molecule has 1 amide bonds. The standard InChI is InChI=1S/C19H15F4N3O3S3/c1-25-17(31-11-6-4-10(20)5-7-11)12(15(24-25)19(21,22)23)9-13-16(29)26(18(30)32-13)8-2-3-14(27)28/h4-7,9H,2-3,8H2,1H3,(H,27,28)/b13-9+. The van der Waals surface area contributed by atoms with Crippen LogP contribution in [0.25, 0.3) is 6.08 Å². The number of carboxylic acid groups (broad SMARTS) is 1. The number of nitrogens with zero attached hydrogens (tertiary/aromatic N) is 3. The Bertz CT molecular complexity index is 1100. The smallest absolute Gasteiger partial charge is 0.435 e. The summed E-state index contributed by atoms with van der Waals surface area (Å²) in [4.78, 5) is 25.0. The first-order valence-electron chi connectivity index (χ1n) is 9.02. The molecule has 0 atom stereocenters. The van der Waals surface area contributed by atoms with Crippen LogP contribution in [-0.4, -0.2) is 42.5 Å². The lowest BCUT2D eigenvalue weighted by Crippen LogP contribution is -2.29. The highest BCUT2D eigenvalue weighted by molar-refractivity contribution is 8.26. The maximum atomic E-state index is 13.7. The minimum absolute atomic E-state index is 0.0234. The Morgan fingerprint density at radius 3 is 2.56 bits per heavy atom. The van der Waals surface area contributed by atoms with Gasteiger partial charge in [-0.15, -0.1) is 0 Å². The molecular formula is C19H15F4N3O3S3. The van der Waals surface area contributed by atoms with Gasteiger partial charge in [-0.3, -0.25) is 19.2 Å². The first-order chi connectivity index (χ1) is 15.0. The lowest BCUT2D eigenvalue weighted by atomic mass is 10.2. The van der Waals surface area contributed by atoms with Crippen molar-refractivity contribution in [3.63, 3.8) is 0 Å². The summed E-state index contributed by atoms with van der Waals surface area (Å²) in [5, 5.41) is 12.5. The second-order valence-electron chi connectivity index (χ2n) is 6.58. The van der Waals surface area contributed by atoms with E-state index in [4.69, 9.17) is 17.3 Å². The topological polar surface area (TPSA) is 75.4 Å². The van der Waals surface area contributed by atoms with Gasteiger partial charge >= 0.3 is 12.1 Å². The number of benzene rings is 1. The molecule has 0 bridgehead atoms. The maximum Gasteiger partial charge on any atom is 0.435 e. The van der Waals surface area contributed by atoms with Crippen molar-refractivity contribution < 1.29 is 32.3 Å². The van der Waals surface area contributed by atoms with E-state index in [1.165, 1.54) is 36.2 Å². The van der Waals surface area contributed by atoms with Gasteiger partial charge in [0.25, 0.3) is 5.91 Å². The fraction of sp³-hybridized carbons (Fsp3) is 0.263. The average molecular weight is 506 g/mol. The molecule has 1 aromatic heterocycles. The Kier molecular flexibility index (Phi) is 7.30. The second-order valence-corrected chi connectivity index (χ2v) is 9.31. The zero-order chi connectivity index (χ0) is 23.6. The Morgan fingerprint density at radius 2 is 1.97 bits per heavy atom. The molecule has 1 saturated heterocycles. The van der Waals surface area contributed by atoms with Gasteiger partial charge in [-0.25, -0.2) is 4.39 Å². The number of hydrogen-bond donors (Lipinski definition) is 1. The number of rotatable bonds is 7. The van der Waals surface area contributed by atoms with Gasteiger partial charge in [0.15, 0.2) is 5.69 Å². The third kappa shape index (κ3) is 5.51. The van der Waals surface area contributed by atoms with Crippen molar-refractivity contribution >= 4 is 58.0 Å². The summed E-state index contributed by atoms with van der Waals surface area (Å²) in [5.41, 5.74) is -1.47. The molecule has 0 saturated carbocycles. The molecule has 32 heavy (non-hydrogen) atoms. The number of aliphatic carboxylic acids is 1. The third-order valence-electron chi connectivity index (χ3n) is 4.25. The van der Waals surface area contributed by atoms with Crippen molar-refractivity contribution in [1.82, 2.24) is 14.7 Å². The summed E-state index contributed by atoms with van der Waals surface area (Å²) >= 11 is 6.93. The molecule has 0 spiro atoms. The number of carbonyl (C=O) groups is 2. The SMILES string of the molecule is Cn1nc(C(F)(F)F)c(/C=C2/SC(=S)N(CCCC(=O)O)C2=O)c1Sc1ccc(F)cc1. The van der Waals surface area contributed by atoms with E-state index in [2.05, 4.69) is 5.10 Å². The first-order valence-corrected chi connectivity index (χ1v) is 11.1. The lowest BCUT2D eigenvalue weighted by Gasteiger charge is -2.13. The number of carbonyl (C=O) groups excluding carboxylic acids is 1. The zero-order valence-corrected chi connectivity index (χ0v) is 18.8. The molecule has 0 unspecified atom stereocenters. The average Bonchev–Trinajstić information content (AvgIpc) is 3.15. The number of aryl methyl sites for hydroxylation is 1. The third-order valence-corrected chi connectivity index (χ3v) is 6.81. The van der Waals surface area contributed by atoms with Crippen LogP contribution in [0.15, 0.2) is 39.1 Å². The van der Waals surface area contributed by atoms with Gasteiger partial charge in [0, 0.05) is 30.5 Å². The summed E-state index contributed by atoms with van der Waals surface area (Å²) in [6, 6.07) is 5.22. The van der Waals surface area contributed by atoms with Crippen LogP contribution in [0, 0.1) is 5.82 Å². The van der Waals surface area contributed by atoms with Gasteiger partial charge in [-0.05, 0) is 36.8 Å². The highest BCUT2D eigenvalue weighted by Crippen LogP contribution is 2.41. The molecule has 6 nitrogen and oxygen atoms in total. The largest absolute Gasteiger partial charge is 0.481 e. The molecule has 1 aliphatic rings. The van der Waals surface area contributed by atoms with Gasteiger partial charge < -0.3 is 5.11 Å². The van der Waals surface area contributed by atoms with Crippen LogP contribution in [0.4, 0.5) is 17.6 Å². The molecule has 1 aliphatic heterocycles. The lowest BCUT2D eigenvalue weighted by molar-refractivity contribution is -0.141. The van der Waals surface area contributed by atoms with Crippen LogP contribution < -0.4 is 0 Å². The molecule has 2 heterocycles. The number of hydrogen-bond acceptors (Lipinski definition) is 6. The predicted molar refractivity (Wildman–Crippen MR) is 115 cm³/mol. The fourth-order valence-corrected chi connectivity index (χ4v) is 5.04. The van der Waals surface area contributed by atoms with E-state index in [1.807, 2.05) is 0 Å². The van der Waals surface area contributed by atoms with Crippen molar-refractivity contribution in [3.05, 3.63) is 46.2 Å². The molecule has 1 aromatic carbocycles. The molecule has 13 heteroatoms. The molecule has 1 N–H and O–H groups in total. The predicted octanol–water partition coefficient (Wildman–Crippen LogP) is 4.80. The molecule has 170 valence electrons. The van der Waals surface area contributed by atoms with Gasteiger partial charge in [-0.1, -0.05) is 35.7 Å². The van der Waals surface area contributed by atoms with Gasteiger partial charge in [0.1, 0.15) is 15.2 Å². The number of thioether (sulfide) groups is 1. The Labute approximate surface area is 193 Å².